The van der Waals surface area contributed by atoms with Crippen molar-refractivity contribution in [3.63, 3.8) is 0 Å². The van der Waals surface area contributed by atoms with Crippen LogP contribution in [-0.2, 0) is 14.3 Å². The highest BCUT2D eigenvalue weighted by atomic mass is 16.5. The zero-order valence-corrected chi connectivity index (χ0v) is 32.8. The number of aromatic amines is 2. The zero-order chi connectivity index (χ0) is 40.7. The molecule has 5 N–H and O–H groups in total. The summed E-state index contributed by atoms with van der Waals surface area (Å²) in [7, 11) is 0. The first-order valence-corrected chi connectivity index (χ1v) is 20.1. The minimum absolute atomic E-state index is 0.0911. The minimum Gasteiger partial charge on any atom is -0.450 e. The molecule has 2 aliphatic rings. The maximum Gasteiger partial charge on any atom is 0.408 e. The number of benzene rings is 4. The van der Waals surface area contributed by atoms with Gasteiger partial charge in [0.25, 0.3) is 5.91 Å². The lowest BCUT2D eigenvalue weighted by molar-refractivity contribution is -0.135. The third-order valence-corrected chi connectivity index (χ3v) is 11.0. The van der Waals surface area contributed by atoms with Gasteiger partial charge in [0.1, 0.15) is 23.7 Å². The summed E-state index contributed by atoms with van der Waals surface area (Å²) in [6.45, 7) is 3.14. The predicted octanol–water partition coefficient (Wildman–Crippen LogP) is 7.38. The van der Waals surface area contributed by atoms with Crippen molar-refractivity contribution < 1.29 is 19.1 Å². The molecular formula is C47H46N8O4. The molecule has 4 aromatic carbocycles. The average molecular weight is 787 g/mol. The number of aromatic nitrogens is 4. The Kier molecular flexibility index (Phi) is 11.6. The van der Waals surface area contributed by atoms with Crippen LogP contribution in [0.4, 0.5) is 4.79 Å². The van der Waals surface area contributed by atoms with Crippen LogP contribution in [0.15, 0.2) is 122 Å². The Morgan fingerprint density at radius 1 is 0.712 bits per heavy atom. The smallest absolute Gasteiger partial charge is 0.408 e. The average Bonchev–Trinajstić information content (AvgIpc) is 4.13. The first kappa shape index (κ1) is 38.9. The number of likely N-dealkylation sites (tertiary alicyclic amines) is 2. The van der Waals surface area contributed by atoms with E-state index in [1.807, 2.05) is 120 Å². The molecule has 2 saturated heterocycles. The fraction of sp³-hybridized carbons (Fsp3) is 0.255. The molecule has 0 aliphatic carbocycles. The third-order valence-electron chi connectivity index (χ3n) is 11.0. The molecule has 2 aliphatic heterocycles. The molecule has 2 fully saturated rings. The predicted molar refractivity (Wildman–Crippen MR) is 224 cm³/mol. The third kappa shape index (κ3) is 8.66. The molecule has 0 saturated carbocycles. The Bertz CT molecular complexity index is 2450. The molecule has 4 heterocycles. The summed E-state index contributed by atoms with van der Waals surface area (Å²) in [6.07, 6.45) is 6.27. The van der Waals surface area contributed by atoms with Gasteiger partial charge in [0.05, 0.1) is 42.5 Å². The second-order valence-corrected chi connectivity index (χ2v) is 14.7. The molecule has 8 rings (SSSR count). The largest absolute Gasteiger partial charge is 0.450 e. The lowest BCUT2D eigenvalue weighted by Gasteiger charge is -2.28. The molecule has 4 atom stereocenters. The van der Waals surface area contributed by atoms with Gasteiger partial charge < -0.3 is 35.6 Å². The van der Waals surface area contributed by atoms with Crippen LogP contribution in [0, 0.1) is 11.8 Å². The Morgan fingerprint density at radius 3 is 1.68 bits per heavy atom. The fourth-order valence-electron chi connectivity index (χ4n) is 7.92. The first-order chi connectivity index (χ1) is 28.9. The summed E-state index contributed by atoms with van der Waals surface area (Å²) >= 11 is 0. The van der Waals surface area contributed by atoms with Crippen LogP contribution in [0.1, 0.15) is 90.7 Å². The highest BCUT2D eigenvalue weighted by Crippen LogP contribution is 2.35. The summed E-state index contributed by atoms with van der Waals surface area (Å²) in [5, 5.41) is 2.76. The monoisotopic (exact) mass is 786 g/mol. The van der Waals surface area contributed by atoms with Crippen molar-refractivity contribution in [3.05, 3.63) is 155 Å². The number of nitrogens with one attached hydrogen (secondary N) is 3. The number of imidazole rings is 2. The molecule has 0 unspecified atom stereocenters. The number of carbonyl (C=O) groups excluding carboxylic acids is 3. The normalized spacial score (nSPS) is 17.2. The Balaban J connectivity index is 0.896. The molecule has 3 amide bonds. The van der Waals surface area contributed by atoms with E-state index in [1.54, 1.807) is 18.0 Å². The minimum atomic E-state index is -0.875. The number of ether oxygens (including phenoxy) is 1. The quantitative estimate of drug-likeness (QED) is 0.105. The summed E-state index contributed by atoms with van der Waals surface area (Å²) in [5.41, 5.74) is 13.2. The van der Waals surface area contributed by atoms with Gasteiger partial charge in [0.2, 0.25) is 5.91 Å². The molecule has 298 valence electrons. The number of amides is 3. The van der Waals surface area contributed by atoms with Crippen LogP contribution in [0.5, 0.6) is 0 Å². The van der Waals surface area contributed by atoms with Crippen LogP contribution < -0.4 is 11.1 Å². The second kappa shape index (κ2) is 17.7. The SMILES string of the molecule is CCOC(=O)N[C@@H](C(=O)N1CCC[C@H]1c1ncc(-c2ccc(C#Cc3ccc(-c4cnc([C@@H]5CCCN5C(=O)[C@H](N)c5ccccc5)[nH]4)cc3)cc2)[nH]1)c1ccccc1. The van der Waals surface area contributed by atoms with E-state index in [-0.39, 0.29) is 30.5 Å². The number of hydrogen-bond acceptors (Lipinski definition) is 7. The van der Waals surface area contributed by atoms with Gasteiger partial charge in [-0.1, -0.05) is 96.8 Å². The summed E-state index contributed by atoms with van der Waals surface area (Å²) < 4.78 is 5.11. The number of carbonyl (C=O) groups is 3. The number of rotatable bonds is 10. The first-order valence-electron chi connectivity index (χ1n) is 20.1. The second-order valence-electron chi connectivity index (χ2n) is 14.7. The van der Waals surface area contributed by atoms with E-state index < -0.39 is 18.2 Å². The number of nitrogens with zero attached hydrogens (tertiary/aromatic N) is 4. The molecule has 59 heavy (non-hydrogen) atoms. The van der Waals surface area contributed by atoms with E-state index in [4.69, 9.17) is 10.5 Å². The summed E-state index contributed by atoms with van der Waals surface area (Å²) in [5.74, 6) is 7.69. The van der Waals surface area contributed by atoms with Gasteiger partial charge in [-0.3, -0.25) is 9.59 Å². The van der Waals surface area contributed by atoms with Crippen LogP contribution in [0.3, 0.4) is 0 Å². The van der Waals surface area contributed by atoms with Gasteiger partial charge in [-0.2, -0.15) is 0 Å². The Labute approximate surface area is 343 Å². The van der Waals surface area contributed by atoms with Crippen molar-refractivity contribution in [1.29, 1.82) is 0 Å². The lowest BCUT2D eigenvalue weighted by Crippen LogP contribution is -2.43. The van der Waals surface area contributed by atoms with Gasteiger partial charge in [0, 0.05) is 24.2 Å². The molecule has 12 heteroatoms. The van der Waals surface area contributed by atoms with Crippen molar-refractivity contribution in [2.24, 2.45) is 5.73 Å². The van der Waals surface area contributed by atoms with Crippen LogP contribution in [0.2, 0.25) is 0 Å². The van der Waals surface area contributed by atoms with Crippen LogP contribution in [-0.4, -0.2) is 67.3 Å². The van der Waals surface area contributed by atoms with Crippen LogP contribution >= 0.6 is 0 Å². The van der Waals surface area contributed by atoms with Gasteiger partial charge in [-0.05, 0) is 79.1 Å². The molecule has 0 bridgehead atoms. The number of hydrogen-bond donors (Lipinski definition) is 4. The number of nitrogens with two attached hydrogens (primary N) is 1. The van der Waals surface area contributed by atoms with E-state index in [0.717, 1.165) is 70.7 Å². The molecule has 6 aromatic rings. The van der Waals surface area contributed by atoms with E-state index in [9.17, 15) is 14.4 Å². The number of alkyl carbamates (subject to hydrolysis) is 1. The van der Waals surface area contributed by atoms with Gasteiger partial charge in [-0.25, -0.2) is 14.8 Å². The molecule has 0 radical (unpaired) electrons. The molecule has 0 spiro atoms. The summed E-state index contributed by atoms with van der Waals surface area (Å²) in [6, 6.07) is 32.7. The van der Waals surface area contributed by atoms with Crippen molar-refractivity contribution in [3.8, 4) is 34.4 Å². The summed E-state index contributed by atoms with van der Waals surface area (Å²) in [4.78, 5) is 59.6. The maximum atomic E-state index is 13.9. The van der Waals surface area contributed by atoms with E-state index in [2.05, 4.69) is 37.1 Å². The van der Waals surface area contributed by atoms with Gasteiger partial charge in [0.15, 0.2) is 0 Å². The van der Waals surface area contributed by atoms with Crippen molar-refractivity contribution in [1.82, 2.24) is 35.1 Å². The van der Waals surface area contributed by atoms with E-state index in [0.29, 0.717) is 24.5 Å². The van der Waals surface area contributed by atoms with Gasteiger partial charge >= 0.3 is 6.09 Å². The highest BCUT2D eigenvalue weighted by molar-refractivity contribution is 5.87. The number of H-pyrrole nitrogens is 2. The van der Waals surface area contributed by atoms with Crippen molar-refractivity contribution in [2.75, 3.05) is 19.7 Å². The van der Waals surface area contributed by atoms with E-state index in [1.165, 1.54) is 0 Å². The van der Waals surface area contributed by atoms with Crippen molar-refractivity contribution in [2.45, 2.75) is 56.8 Å². The lowest BCUT2D eigenvalue weighted by atomic mass is 10.1. The molecular weight excluding hydrogens is 741 g/mol. The Morgan fingerprint density at radius 2 is 1.19 bits per heavy atom. The standard InChI is InChI=1S/C47H46N8O4/c1-2-59-47(58)53-42(36-13-7-4-8-14-36)46(57)55-28-10-16-40(55)44-50-30-38(52-44)34-25-21-32(22-26-34)18-17-31-19-23-33(24-20-31)37-29-49-43(51-37)39-15-9-27-54(39)45(56)41(48)35-11-5-3-6-12-35/h3-8,11-14,19-26,29-30,39-42H,2,9-10,15-16,27-28,48H2,1H3,(H,49,51)(H,50,52)(H,53,58)/t39-,40-,41+,42+/m0/s1. The molecule has 2 aromatic heterocycles. The maximum absolute atomic E-state index is 13.9. The molecule has 12 nitrogen and oxygen atoms in total. The zero-order valence-electron chi connectivity index (χ0n) is 32.8. The fourth-order valence-corrected chi connectivity index (χ4v) is 7.92. The van der Waals surface area contributed by atoms with Crippen molar-refractivity contribution >= 4 is 17.9 Å². The van der Waals surface area contributed by atoms with E-state index >= 15 is 0 Å². The topological polar surface area (TPSA) is 162 Å². The van der Waals surface area contributed by atoms with Gasteiger partial charge in [-0.15, -0.1) is 0 Å². The van der Waals surface area contributed by atoms with Crippen LogP contribution in [0.25, 0.3) is 22.5 Å². The Hall–Kier alpha value is -6.97. The highest BCUT2D eigenvalue weighted by Gasteiger charge is 2.37.